The molecule has 0 spiro atoms. The van der Waals surface area contributed by atoms with Crippen LogP contribution in [0.1, 0.15) is 0 Å². The summed E-state index contributed by atoms with van der Waals surface area (Å²) in [7, 11) is -11.6. The molecule has 0 aliphatic carbocycles. The van der Waals surface area contributed by atoms with Crippen molar-refractivity contribution < 1.29 is 0 Å². The number of hydrogen-bond donors (Lipinski definition) is 0. The third-order valence-corrected chi connectivity index (χ3v) is 37.7. The standard InChI is InChI=1S/C84H66Si4/c1-11-32-69(33-12-1)85(70-34-13-2-14-35-70,71-36-15-3-16-37-71)81-62-64-82(65-63-81)86(72-38-17-4-18-39-72,73-40-19-5-20-41-73)79-58-54-67(55-59-79)68-56-60-80(61-57-68)88(77-48-27-9-28-49-77,78-50-29-10-30-51-78)84-53-31-52-83(66-84)87(74-42-21-6-22-43-74,75-44-23-7-24-45-75)76-46-25-8-26-47-76/h1-66H. The SMILES string of the molecule is c1ccc([Si](c2ccccc2)(c2ccccc2)c2ccc([Si](c3ccccc3)(c3ccccc3)c3ccc(-c4ccc([Si](c5ccccc5)(c5ccccc5)c5cccc([Si](c6ccccc6)(c6ccccc6)c6ccccc6)c5)cc4)cc3)cc2)cc1. The van der Waals surface area contributed by atoms with Crippen LogP contribution >= 0.6 is 0 Å². The van der Waals surface area contributed by atoms with E-state index in [1.54, 1.807) is 0 Å². The van der Waals surface area contributed by atoms with Crippen LogP contribution in [0, 0.1) is 0 Å². The van der Waals surface area contributed by atoms with Gasteiger partial charge in [0.15, 0.2) is 32.3 Å². The van der Waals surface area contributed by atoms with Crippen LogP contribution in [0.3, 0.4) is 0 Å². The zero-order chi connectivity index (χ0) is 59.1. The predicted molar refractivity (Wildman–Crippen MR) is 386 cm³/mol. The molecule has 14 aromatic rings. The Kier molecular flexibility index (Phi) is 15.7. The van der Waals surface area contributed by atoms with E-state index in [0.717, 1.165) is 0 Å². The fourth-order valence-corrected chi connectivity index (χ4v) is 33.8. The number of benzene rings is 14. The van der Waals surface area contributed by atoms with E-state index in [0.29, 0.717) is 0 Å². The van der Waals surface area contributed by atoms with Crippen molar-refractivity contribution >= 4 is 115 Å². The summed E-state index contributed by atoms with van der Waals surface area (Å²) in [6, 6.07) is 152. The summed E-state index contributed by atoms with van der Waals surface area (Å²) in [5.74, 6) is 0. The Morgan fingerprint density at radius 1 is 0.102 bits per heavy atom. The third-order valence-electron chi connectivity index (χ3n) is 18.5. The zero-order valence-electron chi connectivity index (χ0n) is 49.1. The van der Waals surface area contributed by atoms with Crippen molar-refractivity contribution in [2.45, 2.75) is 0 Å². The first-order chi connectivity index (χ1) is 43.6. The molecule has 0 amide bonds. The lowest BCUT2D eigenvalue weighted by atomic mass is 10.1. The highest BCUT2D eigenvalue weighted by Gasteiger charge is 2.47. The van der Waals surface area contributed by atoms with Crippen LogP contribution in [0.5, 0.6) is 0 Å². The van der Waals surface area contributed by atoms with E-state index in [2.05, 4.69) is 400 Å². The molecule has 0 nitrogen and oxygen atoms in total. The van der Waals surface area contributed by atoms with Crippen molar-refractivity contribution in [3.8, 4) is 11.1 Å². The van der Waals surface area contributed by atoms with Gasteiger partial charge in [0.25, 0.3) is 0 Å². The van der Waals surface area contributed by atoms with Gasteiger partial charge in [0.1, 0.15) is 0 Å². The van der Waals surface area contributed by atoms with Crippen molar-refractivity contribution in [3.63, 3.8) is 0 Å². The van der Waals surface area contributed by atoms with Crippen molar-refractivity contribution in [2.24, 2.45) is 0 Å². The molecule has 0 aliphatic heterocycles. The maximum atomic E-state index is 2.62. The lowest BCUT2D eigenvalue weighted by Gasteiger charge is -2.38. The van der Waals surface area contributed by atoms with Gasteiger partial charge in [0.2, 0.25) is 0 Å². The molecule has 0 saturated carbocycles. The van der Waals surface area contributed by atoms with Crippen LogP contribution in [0.25, 0.3) is 11.1 Å². The Morgan fingerprint density at radius 2 is 0.227 bits per heavy atom. The topological polar surface area (TPSA) is 0 Å². The van der Waals surface area contributed by atoms with E-state index in [4.69, 9.17) is 0 Å². The monoisotopic (exact) mass is 1190 g/mol. The van der Waals surface area contributed by atoms with Gasteiger partial charge < -0.3 is 0 Å². The second-order valence-electron chi connectivity index (χ2n) is 23.0. The predicted octanol–water partition coefficient (Wildman–Crippen LogP) is 8.86. The molecule has 0 N–H and O–H groups in total. The normalized spacial score (nSPS) is 11.9. The van der Waals surface area contributed by atoms with Crippen LogP contribution in [0.2, 0.25) is 0 Å². The summed E-state index contributed by atoms with van der Waals surface area (Å²) in [5.41, 5.74) is 2.38. The van der Waals surface area contributed by atoms with E-state index in [1.165, 1.54) is 94.1 Å². The minimum Gasteiger partial charge on any atom is -0.0624 e. The van der Waals surface area contributed by atoms with E-state index in [-0.39, 0.29) is 0 Å². The maximum absolute atomic E-state index is 3.03. The number of rotatable bonds is 17. The Hall–Kier alpha value is -10.1. The molecule has 0 bridgehead atoms. The summed E-state index contributed by atoms with van der Waals surface area (Å²) in [6.45, 7) is 0. The average Bonchev–Trinajstić information content (AvgIpc) is 0.858. The van der Waals surface area contributed by atoms with Gasteiger partial charge in [0.05, 0.1) is 0 Å². The van der Waals surface area contributed by atoms with Gasteiger partial charge in [-0.3, -0.25) is 0 Å². The third kappa shape index (κ3) is 9.68. The first-order valence-corrected chi connectivity index (χ1v) is 38.6. The average molecular weight is 1190 g/mol. The molecule has 0 saturated heterocycles. The fraction of sp³-hybridized carbons (Fsp3) is 0. The lowest BCUT2D eigenvalue weighted by molar-refractivity contribution is 1.62. The summed E-state index contributed by atoms with van der Waals surface area (Å²) >= 11 is 0. The molecule has 0 heterocycles. The van der Waals surface area contributed by atoms with Crippen LogP contribution in [0.4, 0.5) is 0 Å². The molecule has 0 atom stereocenters. The van der Waals surface area contributed by atoms with Gasteiger partial charge in [0, 0.05) is 0 Å². The van der Waals surface area contributed by atoms with Crippen LogP contribution in [-0.4, -0.2) is 32.3 Å². The molecule has 4 heteroatoms. The summed E-state index contributed by atoms with van der Waals surface area (Å²) < 4.78 is 0. The number of hydrogen-bond acceptors (Lipinski definition) is 0. The minimum absolute atomic E-state index is 1.19. The van der Waals surface area contributed by atoms with Crippen molar-refractivity contribution in [1.82, 2.24) is 0 Å². The molecule has 0 unspecified atom stereocenters. The molecule has 0 aliphatic rings. The first kappa shape index (κ1) is 55.8. The highest BCUT2D eigenvalue weighted by atomic mass is 28.3. The van der Waals surface area contributed by atoms with Crippen LogP contribution < -0.4 is 83.0 Å². The Morgan fingerprint density at radius 3 is 0.398 bits per heavy atom. The largest absolute Gasteiger partial charge is 0.179 e. The Bertz CT molecular complexity index is 4250. The molecule has 14 rings (SSSR count). The van der Waals surface area contributed by atoms with E-state index >= 15 is 0 Å². The second kappa shape index (κ2) is 24.7. The smallest absolute Gasteiger partial charge is 0.0624 e. The van der Waals surface area contributed by atoms with E-state index < -0.39 is 32.3 Å². The molecule has 0 radical (unpaired) electrons. The summed E-state index contributed by atoms with van der Waals surface area (Å²) in [4.78, 5) is 0. The molecule has 14 aromatic carbocycles. The van der Waals surface area contributed by atoms with Gasteiger partial charge in [-0.2, -0.15) is 0 Å². The van der Waals surface area contributed by atoms with Gasteiger partial charge in [-0.05, 0) is 94.1 Å². The summed E-state index contributed by atoms with van der Waals surface area (Å²) in [6.07, 6.45) is 0. The molecular formula is C84H66Si4. The molecule has 0 aromatic heterocycles. The molecule has 0 fully saturated rings. The first-order valence-electron chi connectivity index (χ1n) is 30.6. The summed E-state index contributed by atoms with van der Waals surface area (Å²) in [5, 5.41) is 21.8. The van der Waals surface area contributed by atoms with Crippen LogP contribution in [0.15, 0.2) is 400 Å². The van der Waals surface area contributed by atoms with Crippen molar-refractivity contribution in [3.05, 3.63) is 400 Å². The van der Waals surface area contributed by atoms with Gasteiger partial charge >= 0.3 is 0 Å². The van der Waals surface area contributed by atoms with E-state index in [1.807, 2.05) is 0 Å². The van der Waals surface area contributed by atoms with Crippen LogP contribution in [-0.2, 0) is 0 Å². The maximum Gasteiger partial charge on any atom is 0.179 e. The Labute approximate surface area is 523 Å². The zero-order valence-corrected chi connectivity index (χ0v) is 53.1. The van der Waals surface area contributed by atoms with E-state index in [9.17, 15) is 0 Å². The Balaban J connectivity index is 0.913. The highest BCUT2D eigenvalue weighted by molar-refractivity contribution is 7.23. The second-order valence-corrected chi connectivity index (χ2v) is 38.2. The fourth-order valence-electron chi connectivity index (χ4n) is 14.7. The van der Waals surface area contributed by atoms with Crippen molar-refractivity contribution in [1.29, 1.82) is 0 Å². The molecule has 418 valence electrons. The highest BCUT2D eigenvalue weighted by Crippen LogP contribution is 2.22. The van der Waals surface area contributed by atoms with Gasteiger partial charge in [-0.1, -0.05) is 400 Å². The quantitative estimate of drug-likeness (QED) is 0.0632. The van der Waals surface area contributed by atoms with Gasteiger partial charge in [-0.25, -0.2) is 0 Å². The van der Waals surface area contributed by atoms with Gasteiger partial charge in [-0.15, -0.1) is 0 Å². The lowest BCUT2D eigenvalue weighted by Crippen LogP contribution is -2.77. The molecule has 88 heavy (non-hydrogen) atoms. The van der Waals surface area contributed by atoms with Crippen molar-refractivity contribution in [2.75, 3.05) is 0 Å². The molecular weight excluding hydrogens is 1120 g/mol. The minimum atomic E-state index is -3.03.